The van der Waals surface area contributed by atoms with Gasteiger partial charge in [0.1, 0.15) is 0 Å². The van der Waals surface area contributed by atoms with Crippen molar-refractivity contribution in [3.63, 3.8) is 0 Å². The molecule has 0 amide bonds. The molecule has 1 saturated heterocycles. The van der Waals surface area contributed by atoms with Gasteiger partial charge in [-0.1, -0.05) is 6.92 Å². The molecule has 2 unspecified atom stereocenters. The topological polar surface area (TPSA) is 21.3 Å². The van der Waals surface area contributed by atoms with Gasteiger partial charge in [-0.15, -0.1) is 0 Å². The van der Waals surface area contributed by atoms with E-state index in [1.165, 1.54) is 32.1 Å². The second kappa shape index (κ2) is 3.75. The van der Waals surface area contributed by atoms with Crippen molar-refractivity contribution in [2.75, 3.05) is 6.61 Å². The molecule has 0 spiro atoms. The maximum atomic E-state index is 5.62. The summed E-state index contributed by atoms with van der Waals surface area (Å²) in [6.45, 7) is 3.17. The van der Waals surface area contributed by atoms with Gasteiger partial charge in [-0.2, -0.15) is 0 Å². The van der Waals surface area contributed by atoms with E-state index >= 15 is 0 Å². The van der Waals surface area contributed by atoms with E-state index in [9.17, 15) is 0 Å². The number of hydrogen-bond acceptors (Lipinski definition) is 2. The van der Waals surface area contributed by atoms with Crippen LogP contribution in [0.3, 0.4) is 0 Å². The molecule has 2 nitrogen and oxygen atoms in total. The van der Waals surface area contributed by atoms with Crippen molar-refractivity contribution < 1.29 is 4.74 Å². The lowest BCUT2D eigenvalue weighted by Crippen LogP contribution is -2.39. The molecule has 2 aliphatic rings. The van der Waals surface area contributed by atoms with Crippen LogP contribution in [0, 0.1) is 0 Å². The van der Waals surface area contributed by atoms with Crippen LogP contribution in [0.5, 0.6) is 0 Å². The van der Waals surface area contributed by atoms with E-state index in [1.807, 2.05) is 0 Å². The van der Waals surface area contributed by atoms with Gasteiger partial charge in [0.05, 0.1) is 6.10 Å². The number of ether oxygens (including phenoxy) is 1. The van der Waals surface area contributed by atoms with Crippen molar-refractivity contribution in [3.8, 4) is 0 Å². The Labute approximate surface area is 74.7 Å². The van der Waals surface area contributed by atoms with Crippen LogP contribution in [0.25, 0.3) is 0 Å². The van der Waals surface area contributed by atoms with Gasteiger partial charge in [0.25, 0.3) is 0 Å². The lowest BCUT2D eigenvalue weighted by Gasteiger charge is -2.29. The van der Waals surface area contributed by atoms with Crippen LogP contribution in [-0.2, 0) is 4.74 Å². The molecule has 1 heterocycles. The largest absolute Gasteiger partial charge is 0.378 e. The first kappa shape index (κ1) is 8.52. The van der Waals surface area contributed by atoms with Crippen molar-refractivity contribution in [1.29, 1.82) is 0 Å². The van der Waals surface area contributed by atoms with Crippen LogP contribution in [-0.4, -0.2) is 24.8 Å². The predicted octanol–water partition coefficient (Wildman–Crippen LogP) is 1.70. The van der Waals surface area contributed by atoms with Gasteiger partial charge in [-0.25, -0.2) is 0 Å². The van der Waals surface area contributed by atoms with Gasteiger partial charge in [-0.3, -0.25) is 0 Å². The lowest BCUT2D eigenvalue weighted by atomic mass is 10.0. The fraction of sp³-hybridized carbons (Fsp3) is 1.00. The quantitative estimate of drug-likeness (QED) is 0.694. The summed E-state index contributed by atoms with van der Waals surface area (Å²) < 4.78 is 5.62. The predicted molar refractivity (Wildman–Crippen MR) is 49.2 cm³/mol. The standard InChI is InChI=1S/C10H19NO/c1-2-10-7-9(5-6-12-10)11-8-3-4-8/h8-11H,2-7H2,1H3. The summed E-state index contributed by atoms with van der Waals surface area (Å²) in [4.78, 5) is 0. The Morgan fingerprint density at radius 1 is 1.25 bits per heavy atom. The maximum Gasteiger partial charge on any atom is 0.0587 e. The van der Waals surface area contributed by atoms with Gasteiger partial charge in [-0.05, 0) is 32.1 Å². The zero-order valence-electron chi connectivity index (χ0n) is 7.88. The first-order valence-corrected chi connectivity index (χ1v) is 5.26. The Hall–Kier alpha value is -0.0800. The molecule has 0 aromatic heterocycles. The SMILES string of the molecule is CCC1CC(NC2CC2)CCO1. The van der Waals surface area contributed by atoms with E-state index in [4.69, 9.17) is 4.74 Å². The monoisotopic (exact) mass is 169 g/mol. The average molecular weight is 169 g/mol. The fourth-order valence-corrected chi connectivity index (χ4v) is 1.90. The van der Waals surface area contributed by atoms with Crippen LogP contribution in [0.2, 0.25) is 0 Å². The zero-order valence-corrected chi connectivity index (χ0v) is 7.88. The van der Waals surface area contributed by atoms with Gasteiger partial charge in [0.15, 0.2) is 0 Å². The summed E-state index contributed by atoms with van der Waals surface area (Å²) in [7, 11) is 0. The highest BCUT2D eigenvalue weighted by Crippen LogP contribution is 2.23. The molecule has 2 rings (SSSR count). The van der Waals surface area contributed by atoms with Crippen molar-refractivity contribution in [1.82, 2.24) is 5.32 Å². The maximum absolute atomic E-state index is 5.62. The van der Waals surface area contributed by atoms with Crippen molar-refractivity contribution in [3.05, 3.63) is 0 Å². The van der Waals surface area contributed by atoms with Crippen LogP contribution >= 0.6 is 0 Å². The van der Waals surface area contributed by atoms with Gasteiger partial charge in [0, 0.05) is 18.7 Å². The zero-order chi connectivity index (χ0) is 8.39. The van der Waals surface area contributed by atoms with Crippen molar-refractivity contribution in [2.45, 2.75) is 57.2 Å². The molecule has 1 aliphatic heterocycles. The minimum atomic E-state index is 0.523. The van der Waals surface area contributed by atoms with E-state index in [-0.39, 0.29) is 0 Å². The lowest BCUT2D eigenvalue weighted by molar-refractivity contribution is -0.000311. The Bertz CT molecular complexity index is 145. The second-order valence-corrected chi connectivity index (χ2v) is 4.06. The Morgan fingerprint density at radius 3 is 2.75 bits per heavy atom. The van der Waals surface area contributed by atoms with E-state index in [2.05, 4.69) is 12.2 Å². The van der Waals surface area contributed by atoms with Crippen molar-refractivity contribution in [2.24, 2.45) is 0 Å². The van der Waals surface area contributed by atoms with Crippen molar-refractivity contribution >= 4 is 0 Å². The van der Waals surface area contributed by atoms with Gasteiger partial charge in [0.2, 0.25) is 0 Å². The summed E-state index contributed by atoms with van der Waals surface area (Å²) in [6, 6.07) is 1.60. The fourth-order valence-electron chi connectivity index (χ4n) is 1.90. The van der Waals surface area contributed by atoms with E-state index in [0.29, 0.717) is 6.10 Å². The van der Waals surface area contributed by atoms with Crippen LogP contribution in [0.1, 0.15) is 39.0 Å². The first-order chi connectivity index (χ1) is 5.88. The Morgan fingerprint density at radius 2 is 2.08 bits per heavy atom. The van der Waals surface area contributed by atoms with Crippen LogP contribution in [0.15, 0.2) is 0 Å². The Kier molecular flexibility index (Phi) is 2.66. The highest BCUT2D eigenvalue weighted by molar-refractivity contribution is 4.87. The third kappa shape index (κ3) is 2.20. The minimum absolute atomic E-state index is 0.523. The van der Waals surface area contributed by atoms with Crippen LogP contribution < -0.4 is 5.32 Å². The Balaban J connectivity index is 1.73. The summed E-state index contributed by atoms with van der Waals surface area (Å²) >= 11 is 0. The van der Waals surface area contributed by atoms with Crippen LogP contribution in [0.4, 0.5) is 0 Å². The summed E-state index contributed by atoms with van der Waals surface area (Å²) in [5, 5.41) is 3.68. The molecule has 0 aromatic carbocycles. The molecule has 1 saturated carbocycles. The highest BCUT2D eigenvalue weighted by atomic mass is 16.5. The minimum Gasteiger partial charge on any atom is -0.378 e. The molecule has 12 heavy (non-hydrogen) atoms. The van der Waals surface area contributed by atoms with E-state index in [0.717, 1.165) is 18.7 Å². The molecule has 1 aliphatic carbocycles. The number of nitrogens with one attached hydrogen (secondary N) is 1. The molecule has 0 radical (unpaired) electrons. The summed E-state index contributed by atoms with van der Waals surface area (Å²) in [5.74, 6) is 0. The van der Waals surface area contributed by atoms with Gasteiger partial charge >= 0.3 is 0 Å². The third-order valence-corrected chi connectivity index (χ3v) is 2.87. The molecule has 0 bridgehead atoms. The van der Waals surface area contributed by atoms with Gasteiger partial charge < -0.3 is 10.1 Å². The number of rotatable bonds is 3. The molecular formula is C10H19NO. The summed E-state index contributed by atoms with van der Waals surface area (Å²) in [5.41, 5.74) is 0. The molecule has 1 N–H and O–H groups in total. The normalized spacial score (nSPS) is 36.8. The average Bonchev–Trinajstić information content (AvgIpc) is 2.89. The third-order valence-electron chi connectivity index (χ3n) is 2.87. The number of hydrogen-bond donors (Lipinski definition) is 1. The first-order valence-electron chi connectivity index (χ1n) is 5.26. The molecule has 2 heteroatoms. The highest BCUT2D eigenvalue weighted by Gasteiger charge is 2.27. The molecular weight excluding hydrogens is 150 g/mol. The summed E-state index contributed by atoms with van der Waals surface area (Å²) in [6.07, 6.45) is 6.93. The molecule has 70 valence electrons. The second-order valence-electron chi connectivity index (χ2n) is 4.06. The molecule has 2 atom stereocenters. The van der Waals surface area contributed by atoms with E-state index in [1.54, 1.807) is 0 Å². The molecule has 2 fully saturated rings. The molecule has 0 aromatic rings. The smallest absolute Gasteiger partial charge is 0.0587 e. The van der Waals surface area contributed by atoms with E-state index < -0.39 is 0 Å².